The Morgan fingerprint density at radius 1 is 1.43 bits per heavy atom. The highest BCUT2D eigenvalue weighted by molar-refractivity contribution is 6.30. The first-order chi connectivity index (χ1) is 11.0. The Labute approximate surface area is 137 Å². The van der Waals surface area contributed by atoms with Crippen LogP contribution in [0, 0.1) is 6.92 Å². The summed E-state index contributed by atoms with van der Waals surface area (Å²) in [6, 6.07) is 6.55. The molecule has 0 radical (unpaired) electrons. The normalized spacial score (nSPS) is 16.2. The number of carbonyl (C=O) groups excluding carboxylic acids is 1. The van der Waals surface area contributed by atoms with E-state index in [9.17, 15) is 9.90 Å². The molecule has 1 aliphatic rings. The van der Waals surface area contributed by atoms with Crippen LogP contribution in [0.2, 0.25) is 5.02 Å². The summed E-state index contributed by atoms with van der Waals surface area (Å²) in [4.78, 5) is 13.7. The summed E-state index contributed by atoms with van der Waals surface area (Å²) in [5.41, 5.74) is 0.519. The number of aliphatic hydroxyl groups is 1. The van der Waals surface area contributed by atoms with Gasteiger partial charge >= 0.3 is 0 Å². The molecule has 0 saturated carbocycles. The second kappa shape index (κ2) is 6.66. The summed E-state index contributed by atoms with van der Waals surface area (Å²) in [6.45, 7) is 2.78. The summed E-state index contributed by atoms with van der Waals surface area (Å²) in [5.74, 6) is 0.550. The van der Waals surface area contributed by atoms with Gasteiger partial charge in [0.05, 0.1) is 6.10 Å². The van der Waals surface area contributed by atoms with Gasteiger partial charge in [0.15, 0.2) is 6.10 Å². The smallest absolute Gasteiger partial charge is 0.256 e. The van der Waals surface area contributed by atoms with Gasteiger partial charge in [-0.25, -0.2) is 0 Å². The van der Waals surface area contributed by atoms with Crippen molar-refractivity contribution < 1.29 is 19.1 Å². The zero-order valence-electron chi connectivity index (χ0n) is 12.5. The Kier molecular flexibility index (Phi) is 4.61. The minimum Gasteiger partial charge on any atom is -0.423 e. The third-order valence-electron chi connectivity index (χ3n) is 3.59. The summed E-state index contributed by atoms with van der Waals surface area (Å²) >= 11 is 5.79. The summed E-state index contributed by atoms with van der Waals surface area (Å²) < 4.78 is 10.8. The lowest BCUT2D eigenvalue weighted by Gasteiger charge is -2.39. The molecule has 0 spiro atoms. The molecule has 2 heterocycles. The van der Waals surface area contributed by atoms with E-state index in [2.05, 4.69) is 10.2 Å². The molecule has 1 aliphatic heterocycles. The molecular formula is C15H16ClN3O4. The van der Waals surface area contributed by atoms with Crippen molar-refractivity contribution in [3.8, 4) is 0 Å². The van der Waals surface area contributed by atoms with Crippen LogP contribution in [0.4, 0.5) is 0 Å². The number of benzene rings is 1. The van der Waals surface area contributed by atoms with E-state index >= 15 is 0 Å². The van der Waals surface area contributed by atoms with Crippen molar-refractivity contribution in [1.82, 2.24) is 15.1 Å². The van der Waals surface area contributed by atoms with Gasteiger partial charge in [-0.1, -0.05) is 23.7 Å². The molecule has 1 aromatic heterocycles. The molecular weight excluding hydrogens is 322 g/mol. The van der Waals surface area contributed by atoms with Crippen molar-refractivity contribution in [2.75, 3.05) is 13.1 Å². The number of likely N-dealkylation sites (tertiary alicyclic amines) is 1. The molecule has 1 unspecified atom stereocenters. The zero-order chi connectivity index (χ0) is 16.4. The van der Waals surface area contributed by atoms with E-state index in [1.165, 1.54) is 0 Å². The maximum atomic E-state index is 12.2. The van der Waals surface area contributed by atoms with E-state index in [1.54, 1.807) is 36.1 Å². The number of hydrogen-bond donors (Lipinski definition) is 1. The van der Waals surface area contributed by atoms with Gasteiger partial charge in [-0.2, -0.15) is 0 Å². The van der Waals surface area contributed by atoms with E-state index in [4.69, 9.17) is 20.8 Å². The lowest BCUT2D eigenvalue weighted by atomic mass is 10.1. The molecule has 1 amide bonds. The van der Waals surface area contributed by atoms with Crippen LogP contribution in [0.5, 0.6) is 0 Å². The van der Waals surface area contributed by atoms with Crippen molar-refractivity contribution in [3.63, 3.8) is 0 Å². The van der Waals surface area contributed by atoms with Crippen LogP contribution < -0.4 is 0 Å². The molecule has 0 aliphatic carbocycles. The SMILES string of the molecule is Cc1nnc(COC2CN(C(=O)C(O)c3ccc(Cl)cc3)C2)o1. The fraction of sp³-hybridized carbons (Fsp3) is 0.400. The highest BCUT2D eigenvalue weighted by Crippen LogP contribution is 2.22. The molecule has 3 rings (SSSR count). The number of hydrogen-bond acceptors (Lipinski definition) is 6. The van der Waals surface area contributed by atoms with Crippen molar-refractivity contribution in [1.29, 1.82) is 0 Å². The van der Waals surface area contributed by atoms with Crippen LogP contribution >= 0.6 is 11.6 Å². The first-order valence-electron chi connectivity index (χ1n) is 7.16. The number of aryl methyl sites for hydroxylation is 1. The standard InChI is InChI=1S/C15H16ClN3O4/c1-9-17-18-13(23-9)8-22-12-6-19(7-12)15(21)14(20)10-2-4-11(16)5-3-10/h2-5,12,14,20H,6-8H2,1H3. The number of amides is 1. The minimum atomic E-state index is -1.19. The number of ether oxygens (including phenoxy) is 1. The summed E-state index contributed by atoms with van der Waals surface area (Å²) in [5, 5.41) is 18.2. The van der Waals surface area contributed by atoms with E-state index in [0.29, 0.717) is 35.5 Å². The molecule has 1 saturated heterocycles. The first-order valence-corrected chi connectivity index (χ1v) is 7.53. The lowest BCUT2D eigenvalue weighted by molar-refractivity contribution is -0.155. The molecule has 2 aromatic rings. The Morgan fingerprint density at radius 2 is 2.13 bits per heavy atom. The van der Waals surface area contributed by atoms with Crippen LogP contribution in [0.25, 0.3) is 0 Å². The van der Waals surface area contributed by atoms with E-state index in [0.717, 1.165) is 0 Å². The van der Waals surface area contributed by atoms with Crippen molar-refractivity contribution in [3.05, 3.63) is 46.6 Å². The molecule has 1 N–H and O–H groups in total. The number of nitrogens with zero attached hydrogens (tertiary/aromatic N) is 3. The molecule has 0 bridgehead atoms. The Hall–Kier alpha value is -1.96. The third kappa shape index (κ3) is 3.69. The predicted octanol–water partition coefficient (Wildman–Crippen LogP) is 1.49. The molecule has 23 heavy (non-hydrogen) atoms. The van der Waals surface area contributed by atoms with E-state index in [1.807, 2.05) is 0 Å². The summed E-state index contributed by atoms with van der Waals surface area (Å²) in [6.07, 6.45) is -1.28. The van der Waals surface area contributed by atoms with Crippen LogP contribution in [-0.4, -0.2) is 45.3 Å². The van der Waals surface area contributed by atoms with E-state index < -0.39 is 6.10 Å². The van der Waals surface area contributed by atoms with Gasteiger partial charge in [-0.15, -0.1) is 10.2 Å². The second-order valence-corrected chi connectivity index (χ2v) is 5.78. The van der Waals surface area contributed by atoms with Crippen molar-refractivity contribution in [2.45, 2.75) is 25.7 Å². The molecule has 8 heteroatoms. The number of halogens is 1. The van der Waals surface area contributed by atoms with Crippen LogP contribution in [-0.2, 0) is 16.1 Å². The van der Waals surface area contributed by atoms with Gasteiger partial charge < -0.3 is 19.2 Å². The molecule has 1 fully saturated rings. The number of carbonyl (C=O) groups is 1. The van der Waals surface area contributed by atoms with Crippen LogP contribution in [0.1, 0.15) is 23.4 Å². The first kappa shape index (κ1) is 15.9. The molecule has 1 atom stereocenters. The topological polar surface area (TPSA) is 88.7 Å². The van der Waals surface area contributed by atoms with E-state index in [-0.39, 0.29) is 18.6 Å². The largest absolute Gasteiger partial charge is 0.423 e. The number of rotatable bonds is 5. The predicted molar refractivity (Wildman–Crippen MR) is 80.6 cm³/mol. The molecule has 7 nitrogen and oxygen atoms in total. The van der Waals surface area contributed by atoms with Gasteiger partial charge in [0.2, 0.25) is 11.8 Å². The lowest BCUT2D eigenvalue weighted by Crippen LogP contribution is -2.55. The highest BCUT2D eigenvalue weighted by Gasteiger charge is 2.35. The molecule has 1 aromatic carbocycles. The third-order valence-corrected chi connectivity index (χ3v) is 3.84. The zero-order valence-corrected chi connectivity index (χ0v) is 13.2. The van der Waals surface area contributed by atoms with Crippen molar-refractivity contribution in [2.24, 2.45) is 0 Å². The van der Waals surface area contributed by atoms with Gasteiger partial charge in [-0.05, 0) is 17.7 Å². The maximum Gasteiger partial charge on any atom is 0.256 e. The van der Waals surface area contributed by atoms with Gasteiger partial charge in [-0.3, -0.25) is 4.79 Å². The highest BCUT2D eigenvalue weighted by atomic mass is 35.5. The monoisotopic (exact) mass is 337 g/mol. The Morgan fingerprint density at radius 3 is 2.74 bits per heavy atom. The number of aliphatic hydroxyl groups excluding tert-OH is 1. The number of aromatic nitrogens is 2. The average Bonchev–Trinajstić information content (AvgIpc) is 2.91. The minimum absolute atomic E-state index is 0.0939. The van der Waals surface area contributed by atoms with Gasteiger partial charge in [0.1, 0.15) is 6.61 Å². The second-order valence-electron chi connectivity index (χ2n) is 5.35. The fourth-order valence-corrected chi connectivity index (χ4v) is 2.40. The average molecular weight is 338 g/mol. The van der Waals surface area contributed by atoms with Crippen LogP contribution in [0.15, 0.2) is 28.7 Å². The van der Waals surface area contributed by atoms with Gasteiger partial charge in [0.25, 0.3) is 5.91 Å². The summed E-state index contributed by atoms with van der Waals surface area (Å²) in [7, 11) is 0. The van der Waals surface area contributed by atoms with Gasteiger partial charge in [0, 0.05) is 25.0 Å². The maximum absolute atomic E-state index is 12.2. The Balaban J connectivity index is 1.46. The Bertz CT molecular complexity index is 682. The quantitative estimate of drug-likeness (QED) is 0.889. The molecule has 122 valence electrons. The van der Waals surface area contributed by atoms with Crippen LogP contribution in [0.3, 0.4) is 0 Å². The fourth-order valence-electron chi connectivity index (χ4n) is 2.27. The van der Waals surface area contributed by atoms with Crippen molar-refractivity contribution >= 4 is 17.5 Å².